The van der Waals surface area contributed by atoms with E-state index < -0.39 is 74.2 Å². The molecule has 8 N–H and O–H groups in total. The van der Waals surface area contributed by atoms with E-state index in [0.717, 1.165) is 25.7 Å². The van der Waals surface area contributed by atoms with Crippen molar-refractivity contribution in [1.29, 1.82) is 0 Å². The third kappa shape index (κ3) is 34.8. The normalized spacial score (nSPS) is 20.6. The number of hydrogen-bond donors (Lipinski definition) is 8. The number of aliphatic hydroxyl groups is 7. The maximum Gasteiger partial charge on any atom is 0.249 e. The summed E-state index contributed by atoms with van der Waals surface area (Å²) in [5.74, 6) is -0.705. The Hall–Kier alpha value is -1.15. The highest BCUT2D eigenvalue weighted by Gasteiger charge is 2.44. The molecule has 1 fully saturated rings. The minimum atomic E-state index is -1.65. The summed E-state index contributed by atoms with van der Waals surface area (Å²) >= 11 is 0. The maximum absolute atomic E-state index is 12.9. The van der Waals surface area contributed by atoms with Crippen LogP contribution in [0, 0.1) is 0 Å². The van der Waals surface area contributed by atoms with Crippen LogP contribution in [0.5, 0.6) is 0 Å². The number of nitrogens with one attached hydrogen (secondary N) is 1. The molecular formula is C56H109NO10. The van der Waals surface area contributed by atoms with Gasteiger partial charge in [0, 0.05) is 0 Å². The highest BCUT2D eigenvalue weighted by Crippen LogP contribution is 2.23. The van der Waals surface area contributed by atoms with E-state index in [4.69, 9.17) is 9.47 Å². The molecule has 1 saturated heterocycles. The summed E-state index contributed by atoms with van der Waals surface area (Å²) < 4.78 is 10.9. The molecule has 0 aliphatic carbocycles. The Labute approximate surface area is 411 Å². The first kappa shape index (κ1) is 63.9. The summed E-state index contributed by atoms with van der Waals surface area (Å²) in [5.41, 5.74) is 0. The Bertz CT molecular complexity index is 1100. The van der Waals surface area contributed by atoms with Crippen LogP contribution in [0.15, 0.2) is 12.2 Å². The Kier molecular flexibility index (Phi) is 43.8. The Morgan fingerprint density at radius 3 is 1.27 bits per heavy atom. The molecule has 1 rings (SSSR count). The van der Waals surface area contributed by atoms with Crippen molar-refractivity contribution in [2.75, 3.05) is 13.2 Å². The van der Waals surface area contributed by atoms with Crippen molar-refractivity contribution in [3.05, 3.63) is 12.2 Å². The molecule has 0 spiro atoms. The van der Waals surface area contributed by atoms with Gasteiger partial charge in [-0.15, -0.1) is 0 Å². The van der Waals surface area contributed by atoms with Crippen LogP contribution < -0.4 is 5.32 Å². The number of unbranched alkanes of at least 4 members (excludes halogenated alkanes) is 35. The molecule has 1 aliphatic rings. The monoisotopic (exact) mass is 956 g/mol. The number of hydrogen-bond acceptors (Lipinski definition) is 10. The van der Waals surface area contributed by atoms with Gasteiger partial charge in [0.15, 0.2) is 6.29 Å². The molecule has 0 aromatic heterocycles. The Morgan fingerprint density at radius 2 is 0.881 bits per heavy atom. The summed E-state index contributed by atoms with van der Waals surface area (Å²) in [6.07, 6.45) is 43.4. The van der Waals surface area contributed by atoms with Crippen LogP contribution in [-0.4, -0.2) is 110 Å². The maximum atomic E-state index is 12.9. The molecule has 1 heterocycles. The minimum Gasteiger partial charge on any atom is -0.394 e. The van der Waals surface area contributed by atoms with Crippen molar-refractivity contribution in [2.24, 2.45) is 0 Å². The molecule has 11 heteroatoms. The van der Waals surface area contributed by atoms with Gasteiger partial charge in [-0.25, -0.2) is 0 Å². The Balaban J connectivity index is 1.95. The van der Waals surface area contributed by atoms with Crippen molar-refractivity contribution in [1.82, 2.24) is 5.32 Å². The molecule has 0 bridgehead atoms. The topological polar surface area (TPSA) is 189 Å². The van der Waals surface area contributed by atoms with Crippen LogP contribution in [0.1, 0.15) is 271 Å². The summed E-state index contributed by atoms with van der Waals surface area (Å²) in [5, 5.41) is 74.5. The molecule has 0 radical (unpaired) electrons. The van der Waals surface area contributed by atoms with Gasteiger partial charge in [0.05, 0.1) is 25.4 Å². The highest BCUT2D eigenvalue weighted by molar-refractivity contribution is 5.80. The van der Waals surface area contributed by atoms with Crippen molar-refractivity contribution in [2.45, 2.75) is 326 Å². The number of carbonyl (C=O) groups is 1. The van der Waals surface area contributed by atoms with Gasteiger partial charge in [0.25, 0.3) is 0 Å². The second-order valence-corrected chi connectivity index (χ2v) is 20.4. The largest absolute Gasteiger partial charge is 0.394 e. The number of amides is 1. The van der Waals surface area contributed by atoms with Gasteiger partial charge in [0.1, 0.15) is 36.6 Å². The lowest BCUT2D eigenvalue weighted by Gasteiger charge is -2.40. The van der Waals surface area contributed by atoms with E-state index in [0.29, 0.717) is 12.8 Å². The van der Waals surface area contributed by atoms with Crippen LogP contribution in [0.25, 0.3) is 0 Å². The molecule has 0 aromatic rings. The zero-order valence-corrected chi connectivity index (χ0v) is 43.4. The van der Waals surface area contributed by atoms with E-state index >= 15 is 0 Å². The summed E-state index contributed by atoms with van der Waals surface area (Å²) in [7, 11) is 0. The van der Waals surface area contributed by atoms with Crippen LogP contribution in [0.4, 0.5) is 0 Å². The first-order valence-electron chi connectivity index (χ1n) is 28.6. The number of ether oxygens (including phenoxy) is 2. The molecule has 0 aromatic carbocycles. The van der Waals surface area contributed by atoms with Gasteiger partial charge in [-0.3, -0.25) is 4.79 Å². The number of allylic oxidation sites excluding steroid dienone is 2. The molecular weight excluding hydrogens is 847 g/mol. The number of carbonyl (C=O) groups excluding carboxylic acids is 1. The molecule has 11 nitrogen and oxygen atoms in total. The van der Waals surface area contributed by atoms with Crippen molar-refractivity contribution >= 4 is 5.91 Å². The van der Waals surface area contributed by atoms with Gasteiger partial charge < -0.3 is 50.5 Å². The van der Waals surface area contributed by atoms with Gasteiger partial charge in [0.2, 0.25) is 5.91 Å². The van der Waals surface area contributed by atoms with Crippen LogP contribution in [-0.2, 0) is 14.3 Å². The quantitative estimate of drug-likeness (QED) is 0.0215. The van der Waals surface area contributed by atoms with Crippen molar-refractivity contribution in [3.8, 4) is 0 Å². The van der Waals surface area contributed by atoms with Gasteiger partial charge in [-0.1, -0.05) is 244 Å². The predicted molar refractivity (Wildman–Crippen MR) is 275 cm³/mol. The van der Waals surface area contributed by atoms with E-state index in [9.17, 15) is 40.5 Å². The lowest BCUT2D eigenvalue weighted by Crippen LogP contribution is -2.60. The van der Waals surface area contributed by atoms with Gasteiger partial charge in [-0.05, 0) is 38.5 Å². The van der Waals surface area contributed by atoms with Gasteiger partial charge >= 0.3 is 0 Å². The first-order valence-corrected chi connectivity index (χ1v) is 28.6. The standard InChI is InChI=1S/C56H109NO10/c1-3-5-7-8-9-10-11-12-13-14-15-16-17-18-19-20-21-22-23-24-25-26-27-28-29-30-31-32-33-34-35-36-37-38-39-40-41-42-44-49(60)55(65)57-47(51(61)48(59)43-6-4-2)46-66-56-54(64)53(63)52(62)50(45-58)67-56/h24-25,47-54,56,58-64H,3-23,26-46H2,1-2H3,(H,57,65)/b25-24-. The predicted octanol–water partition coefficient (Wildman–Crippen LogP) is 11.6. The van der Waals surface area contributed by atoms with E-state index in [1.807, 2.05) is 6.92 Å². The molecule has 1 amide bonds. The summed E-state index contributed by atoms with van der Waals surface area (Å²) in [6, 6.07) is -1.16. The number of aliphatic hydroxyl groups excluding tert-OH is 7. The molecule has 9 unspecified atom stereocenters. The van der Waals surface area contributed by atoms with Crippen molar-refractivity contribution < 1.29 is 50.0 Å². The molecule has 67 heavy (non-hydrogen) atoms. The first-order chi connectivity index (χ1) is 32.7. The van der Waals surface area contributed by atoms with E-state index in [2.05, 4.69) is 24.4 Å². The third-order valence-corrected chi connectivity index (χ3v) is 14.1. The lowest BCUT2D eigenvalue weighted by atomic mass is 9.99. The summed E-state index contributed by atoms with van der Waals surface area (Å²) in [6.45, 7) is 3.18. The molecule has 398 valence electrons. The SMILES string of the molecule is CCCCCCCCCCCCCCCCCCCC/C=C\CCCCCCCCCCCCCCCCCCC(O)C(=O)NC(COC1OC(CO)C(O)C(O)C1O)C(O)C(O)CCCC. The van der Waals surface area contributed by atoms with E-state index in [1.54, 1.807) is 0 Å². The van der Waals surface area contributed by atoms with Crippen LogP contribution in [0.2, 0.25) is 0 Å². The van der Waals surface area contributed by atoms with Crippen LogP contribution >= 0.6 is 0 Å². The average molecular weight is 956 g/mol. The van der Waals surface area contributed by atoms with Gasteiger partial charge in [-0.2, -0.15) is 0 Å². The zero-order chi connectivity index (χ0) is 49.0. The van der Waals surface area contributed by atoms with Crippen molar-refractivity contribution in [3.63, 3.8) is 0 Å². The fraction of sp³-hybridized carbons (Fsp3) is 0.946. The third-order valence-electron chi connectivity index (χ3n) is 14.1. The summed E-state index contributed by atoms with van der Waals surface area (Å²) in [4.78, 5) is 12.9. The molecule has 0 saturated carbocycles. The second kappa shape index (κ2) is 46.0. The molecule has 9 atom stereocenters. The average Bonchev–Trinajstić information content (AvgIpc) is 3.33. The lowest BCUT2D eigenvalue weighted by molar-refractivity contribution is -0.303. The Morgan fingerprint density at radius 1 is 0.507 bits per heavy atom. The fourth-order valence-electron chi connectivity index (χ4n) is 9.37. The number of rotatable bonds is 49. The molecule has 1 aliphatic heterocycles. The fourth-order valence-corrected chi connectivity index (χ4v) is 9.37. The van der Waals surface area contributed by atoms with E-state index in [-0.39, 0.29) is 12.8 Å². The smallest absolute Gasteiger partial charge is 0.249 e. The zero-order valence-electron chi connectivity index (χ0n) is 43.4. The second-order valence-electron chi connectivity index (χ2n) is 20.4. The van der Waals surface area contributed by atoms with Crippen LogP contribution in [0.3, 0.4) is 0 Å². The minimum absolute atomic E-state index is 0.262. The highest BCUT2D eigenvalue weighted by atomic mass is 16.7. The van der Waals surface area contributed by atoms with E-state index in [1.165, 1.54) is 205 Å².